The van der Waals surface area contributed by atoms with Gasteiger partial charge in [-0.1, -0.05) is 0 Å². The van der Waals surface area contributed by atoms with E-state index in [1.54, 1.807) is 0 Å². The fourth-order valence-corrected chi connectivity index (χ4v) is 2.52. The van der Waals surface area contributed by atoms with Crippen LogP contribution in [0.15, 0.2) is 0 Å². The molecular formula is C3H4O7S2Zn. The molecule has 0 aliphatic heterocycles. The van der Waals surface area contributed by atoms with E-state index in [9.17, 15) is 30.7 Å². The predicted molar refractivity (Wildman–Crippen MR) is 33.9 cm³/mol. The first-order valence-electron chi connectivity index (χ1n) is 2.46. The van der Waals surface area contributed by atoms with Crippen molar-refractivity contribution in [3.8, 4) is 0 Å². The summed E-state index contributed by atoms with van der Waals surface area (Å²) in [4.78, 5) is 10.3. The zero-order valence-corrected chi connectivity index (χ0v) is 11.1. The summed E-state index contributed by atoms with van der Waals surface area (Å²) in [6, 6.07) is 0. The number of hydrogen-bond acceptors (Lipinski definition) is 7. The van der Waals surface area contributed by atoms with Crippen LogP contribution >= 0.6 is 0 Å². The van der Waals surface area contributed by atoms with Crippen molar-refractivity contribution < 1.29 is 50.2 Å². The number of ketones is 1. The van der Waals surface area contributed by atoms with Crippen LogP contribution in [0, 0.1) is 0 Å². The van der Waals surface area contributed by atoms with Gasteiger partial charge in [-0.3, -0.25) is 4.79 Å². The molecule has 13 heavy (non-hydrogen) atoms. The van der Waals surface area contributed by atoms with Gasteiger partial charge < -0.3 is 9.11 Å². The number of hydrogen-bond donors (Lipinski definition) is 0. The van der Waals surface area contributed by atoms with Crippen LogP contribution in [0.4, 0.5) is 0 Å². The van der Waals surface area contributed by atoms with E-state index < -0.39 is 30.6 Å². The van der Waals surface area contributed by atoms with E-state index in [4.69, 9.17) is 0 Å². The molecule has 0 N–H and O–H groups in total. The fraction of sp³-hybridized carbons (Fsp3) is 0.667. The molecule has 0 atom stereocenters. The molecule has 0 heterocycles. The SMILES string of the molecule is CC(=O)C(S(=O)(=O)[O-])S(=O)(=O)[O-].[Zn+2]. The molecule has 0 radical (unpaired) electrons. The van der Waals surface area contributed by atoms with Crippen molar-refractivity contribution in [2.75, 3.05) is 0 Å². The molecule has 0 aromatic rings. The Labute approximate surface area is 87.8 Å². The molecule has 0 rings (SSSR count). The summed E-state index contributed by atoms with van der Waals surface area (Å²) in [6.07, 6.45) is 0. The number of rotatable bonds is 3. The maximum atomic E-state index is 10.3. The average Bonchev–Trinajstić information content (AvgIpc) is 1.49. The first kappa shape index (κ1) is 15.6. The standard InChI is InChI=1S/C3H6O7S2.Zn/c1-2(4)3(11(5,6)7)12(8,9)10;/h3H,1H3,(H,5,6,7)(H,8,9,10);/q;+2/p-2. The van der Waals surface area contributed by atoms with Gasteiger partial charge in [0.15, 0.2) is 10.4 Å². The molecule has 0 bridgehead atoms. The molecule has 7 nitrogen and oxygen atoms in total. The monoisotopic (exact) mass is 280 g/mol. The van der Waals surface area contributed by atoms with Crippen molar-refractivity contribution in [1.82, 2.24) is 0 Å². The van der Waals surface area contributed by atoms with Crippen LogP contribution in [0.1, 0.15) is 6.92 Å². The van der Waals surface area contributed by atoms with E-state index in [-0.39, 0.29) is 19.5 Å². The fourth-order valence-electron chi connectivity index (χ4n) is 0.551. The molecule has 0 aliphatic carbocycles. The van der Waals surface area contributed by atoms with Crippen molar-refractivity contribution >= 4 is 26.0 Å². The number of carbonyl (C=O) groups excluding carboxylic acids is 1. The number of carbonyl (C=O) groups is 1. The second kappa shape index (κ2) is 4.56. The quantitative estimate of drug-likeness (QED) is 0.431. The average molecular weight is 282 g/mol. The Morgan fingerprint density at radius 1 is 1.08 bits per heavy atom. The van der Waals surface area contributed by atoms with Crippen LogP contribution in [0.5, 0.6) is 0 Å². The summed E-state index contributed by atoms with van der Waals surface area (Å²) in [5.74, 6) is -1.50. The van der Waals surface area contributed by atoms with E-state index in [0.29, 0.717) is 6.92 Å². The molecule has 0 spiro atoms. The Bertz CT molecular complexity index is 346. The van der Waals surface area contributed by atoms with E-state index in [2.05, 4.69) is 0 Å². The summed E-state index contributed by atoms with van der Waals surface area (Å²) in [7, 11) is -10.8. The van der Waals surface area contributed by atoms with Crippen molar-refractivity contribution in [3.63, 3.8) is 0 Å². The number of Topliss-reactive ketones (excluding diaryl/α,β-unsaturated/α-hetero) is 1. The second-order valence-corrected chi connectivity index (χ2v) is 5.14. The molecule has 0 unspecified atom stereocenters. The van der Waals surface area contributed by atoms with Crippen molar-refractivity contribution in [2.24, 2.45) is 0 Å². The Hall–Kier alpha value is 0.113. The molecular weight excluding hydrogens is 278 g/mol. The first-order valence-corrected chi connectivity index (χ1v) is 5.41. The maximum absolute atomic E-state index is 10.3. The van der Waals surface area contributed by atoms with Crippen LogP contribution in [0.3, 0.4) is 0 Å². The smallest absolute Gasteiger partial charge is 0.747 e. The van der Waals surface area contributed by atoms with Crippen LogP contribution in [-0.2, 0) is 44.5 Å². The maximum Gasteiger partial charge on any atom is 2.00 e. The van der Waals surface area contributed by atoms with E-state index in [0.717, 1.165) is 0 Å². The zero-order chi connectivity index (χ0) is 10.2. The Kier molecular flexibility index (Phi) is 5.46. The summed E-state index contributed by atoms with van der Waals surface area (Å²) in [5, 5.41) is 0. The minimum Gasteiger partial charge on any atom is -0.747 e. The first-order chi connectivity index (χ1) is 5.07. The second-order valence-electron chi connectivity index (χ2n) is 1.93. The molecule has 0 saturated carbocycles. The summed E-state index contributed by atoms with van der Waals surface area (Å²) < 4.78 is 57.4. The van der Waals surface area contributed by atoms with Crippen LogP contribution in [0.25, 0.3) is 0 Å². The van der Waals surface area contributed by atoms with Gasteiger partial charge in [0.1, 0.15) is 20.2 Å². The van der Waals surface area contributed by atoms with Gasteiger partial charge in [0.2, 0.25) is 0 Å². The summed E-state index contributed by atoms with van der Waals surface area (Å²) >= 11 is 0. The van der Waals surface area contributed by atoms with Gasteiger partial charge in [-0.25, -0.2) is 16.8 Å². The third-order valence-electron chi connectivity index (χ3n) is 0.856. The Balaban J connectivity index is 0. The Morgan fingerprint density at radius 2 is 1.31 bits per heavy atom. The van der Waals surface area contributed by atoms with Gasteiger partial charge >= 0.3 is 19.5 Å². The molecule has 0 amide bonds. The van der Waals surface area contributed by atoms with E-state index >= 15 is 0 Å². The topological polar surface area (TPSA) is 131 Å². The van der Waals surface area contributed by atoms with Gasteiger partial charge in [0.25, 0.3) is 0 Å². The molecule has 0 aliphatic rings. The molecule has 0 aromatic carbocycles. The third kappa shape index (κ3) is 4.77. The van der Waals surface area contributed by atoms with Crippen molar-refractivity contribution in [3.05, 3.63) is 0 Å². The van der Waals surface area contributed by atoms with Gasteiger partial charge in [-0.15, -0.1) is 0 Å². The minimum absolute atomic E-state index is 0. The molecule has 10 heteroatoms. The zero-order valence-electron chi connectivity index (χ0n) is 6.46. The van der Waals surface area contributed by atoms with Gasteiger partial charge in [0.05, 0.1) is 0 Å². The minimum atomic E-state index is -5.42. The van der Waals surface area contributed by atoms with E-state index in [1.807, 2.05) is 0 Å². The van der Waals surface area contributed by atoms with Crippen LogP contribution in [0.2, 0.25) is 0 Å². The van der Waals surface area contributed by atoms with Crippen molar-refractivity contribution in [1.29, 1.82) is 0 Å². The van der Waals surface area contributed by atoms with E-state index in [1.165, 1.54) is 0 Å². The molecule has 0 aromatic heterocycles. The van der Waals surface area contributed by atoms with Gasteiger partial charge in [-0.05, 0) is 6.92 Å². The Morgan fingerprint density at radius 3 is 1.31 bits per heavy atom. The van der Waals surface area contributed by atoms with Crippen LogP contribution in [-0.4, -0.2) is 36.3 Å². The summed E-state index contributed by atoms with van der Waals surface area (Å²) in [5.41, 5.74) is 0. The summed E-state index contributed by atoms with van der Waals surface area (Å²) in [6.45, 7) is 0.537. The van der Waals surface area contributed by atoms with Crippen molar-refractivity contribution in [2.45, 2.75) is 11.5 Å². The van der Waals surface area contributed by atoms with Crippen LogP contribution < -0.4 is 0 Å². The molecule has 0 saturated heterocycles. The molecule has 0 fully saturated rings. The normalized spacial score (nSPS) is 12.3. The van der Waals surface area contributed by atoms with Gasteiger partial charge in [-0.2, -0.15) is 0 Å². The third-order valence-corrected chi connectivity index (χ3v) is 3.98. The van der Waals surface area contributed by atoms with Gasteiger partial charge in [0, 0.05) is 0 Å². The largest absolute Gasteiger partial charge is 2.00 e. The predicted octanol–water partition coefficient (Wildman–Crippen LogP) is -2.01. The molecule has 72 valence electrons.